The molecular weight excluding hydrogens is 401 g/mol. The lowest BCUT2D eigenvalue weighted by Gasteiger charge is -2.37. The van der Waals surface area contributed by atoms with Gasteiger partial charge in [0.15, 0.2) is 0 Å². The fourth-order valence-electron chi connectivity index (χ4n) is 3.91. The van der Waals surface area contributed by atoms with Crippen molar-refractivity contribution in [1.29, 1.82) is 0 Å². The Labute approximate surface area is 178 Å². The summed E-state index contributed by atoms with van der Waals surface area (Å²) in [6.45, 7) is 5.46. The summed E-state index contributed by atoms with van der Waals surface area (Å²) >= 11 is 0. The van der Waals surface area contributed by atoms with Crippen molar-refractivity contribution in [1.82, 2.24) is 19.2 Å². The van der Waals surface area contributed by atoms with E-state index < -0.39 is 0 Å². The first kappa shape index (κ1) is 22.9. The molecule has 4 rings (SSSR count). The number of hydrogen-bond acceptors (Lipinski definition) is 5. The number of ether oxygens (including phenoxy) is 1. The first-order chi connectivity index (χ1) is 12.7. The fourth-order valence-corrected chi connectivity index (χ4v) is 3.91. The van der Waals surface area contributed by atoms with Crippen LogP contribution in [0.15, 0.2) is 30.6 Å². The van der Waals surface area contributed by atoms with Crippen molar-refractivity contribution in [3.8, 4) is 0 Å². The maximum atomic E-state index is 12.7. The van der Waals surface area contributed by atoms with Crippen LogP contribution in [0.1, 0.15) is 18.5 Å². The molecule has 9 heteroatoms. The molecule has 0 aliphatic carbocycles. The zero-order chi connectivity index (χ0) is 17.9. The van der Waals surface area contributed by atoms with Gasteiger partial charge in [0.1, 0.15) is 5.65 Å². The van der Waals surface area contributed by atoms with Crippen molar-refractivity contribution in [2.75, 3.05) is 39.4 Å². The van der Waals surface area contributed by atoms with Gasteiger partial charge in [0.25, 0.3) is 0 Å². The van der Waals surface area contributed by atoms with Crippen LogP contribution < -0.4 is 5.73 Å². The van der Waals surface area contributed by atoms with E-state index in [4.69, 9.17) is 10.5 Å². The van der Waals surface area contributed by atoms with E-state index in [1.807, 2.05) is 33.7 Å². The Morgan fingerprint density at radius 3 is 2.57 bits per heavy atom. The summed E-state index contributed by atoms with van der Waals surface area (Å²) in [7, 11) is 0. The minimum Gasteiger partial charge on any atom is -0.381 e. The van der Waals surface area contributed by atoms with E-state index in [1.54, 1.807) is 0 Å². The van der Waals surface area contributed by atoms with Crippen molar-refractivity contribution in [3.63, 3.8) is 0 Å². The molecule has 2 saturated heterocycles. The topological polar surface area (TPSA) is 76.1 Å². The smallest absolute Gasteiger partial charge is 0.239 e. The molecule has 0 radical (unpaired) electrons. The Bertz CT molecular complexity index is 725. The molecule has 2 aliphatic rings. The van der Waals surface area contributed by atoms with E-state index in [2.05, 4.69) is 16.1 Å². The zero-order valence-corrected chi connectivity index (χ0v) is 17.5. The maximum Gasteiger partial charge on any atom is 0.239 e. The van der Waals surface area contributed by atoms with Gasteiger partial charge in [0.2, 0.25) is 5.91 Å². The minimum atomic E-state index is -0.385. The highest BCUT2D eigenvalue weighted by atomic mass is 35.5. The van der Waals surface area contributed by atoms with E-state index in [9.17, 15) is 4.79 Å². The van der Waals surface area contributed by atoms with Crippen LogP contribution in [-0.4, -0.2) is 70.5 Å². The number of nitrogens with two attached hydrogens (primary N) is 1. The van der Waals surface area contributed by atoms with Crippen LogP contribution in [0.4, 0.5) is 0 Å². The molecule has 1 amide bonds. The number of carbonyl (C=O) groups is 1. The van der Waals surface area contributed by atoms with Gasteiger partial charge in [-0.3, -0.25) is 9.69 Å². The van der Waals surface area contributed by atoms with Crippen molar-refractivity contribution in [3.05, 3.63) is 36.3 Å². The molecule has 156 valence electrons. The van der Waals surface area contributed by atoms with Crippen molar-refractivity contribution < 1.29 is 9.53 Å². The van der Waals surface area contributed by atoms with Crippen LogP contribution in [0.25, 0.3) is 5.65 Å². The monoisotopic (exact) mass is 429 g/mol. The number of aromatic nitrogens is 2. The van der Waals surface area contributed by atoms with Gasteiger partial charge >= 0.3 is 0 Å². The summed E-state index contributed by atoms with van der Waals surface area (Å²) in [6.07, 6.45) is 5.87. The normalized spacial score (nSPS) is 19.7. The summed E-state index contributed by atoms with van der Waals surface area (Å²) in [5, 5.41) is 0. The molecule has 2 fully saturated rings. The summed E-state index contributed by atoms with van der Waals surface area (Å²) in [5.41, 5.74) is 8.29. The Morgan fingerprint density at radius 2 is 1.89 bits per heavy atom. The van der Waals surface area contributed by atoms with Crippen molar-refractivity contribution in [2.24, 2.45) is 11.7 Å². The maximum absolute atomic E-state index is 12.7. The lowest BCUT2D eigenvalue weighted by molar-refractivity contribution is -0.136. The average Bonchev–Trinajstić information content (AvgIpc) is 3.10. The Kier molecular flexibility index (Phi) is 8.52. The standard InChI is InChI=1S/C19H27N5O2.2ClH/c20-18(15-4-11-26-12-5-15)19(25)23-9-7-22(8-10-23)13-16-14-24-6-2-1-3-17(24)21-16;;/h1-3,6,14-15,18H,4-5,7-13,20H2;2*1H. The Balaban J connectivity index is 0.00000140. The number of amides is 1. The molecule has 2 aromatic rings. The fraction of sp³-hybridized carbons (Fsp3) is 0.579. The minimum absolute atomic E-state index is 0. The largest absolute Gasteiger partial charge is 0.381 e. The highest BCUT2D eigenvalue weighted by Gasteiger charge is 2.31. The van der Waals surface area contributed by atoms with E-state index in [1.165, 1.54) is 0 Å². The number of rotatable bonds is 4. The second kappa shape index (κ2) is 10.4. The molecule has 28 heavy (non-hydrogen) atoms. The Hall–Kier alpha value is -1.38. The van der Waals surface area contributed by atoms with Gasteiger partial charge < -0.3 is 19.8 Å². The van der Waals surface area contributed by atoms with Crippen LogP contribution in [0.2, 0.25) is 0 Å². The quantitative estimate of drug-likeness (QED) is 0.797. The van der Waals surface area contributed by atoms with Gasteiger partial charge in [-0.25, -0.2) is 4.98 Å². The first-order valence-corrected chi connectivity index (χ1v) is 9.48. The predicted molar refractivity (Wildman–Crippen MR) is 113 cm³/mol. The molecule has 2 aromatic heterocycles. The van der Waals surface area contributed by atoms with Gasteiger partial charge in [0.05, 0.1) is 11.7 Å². The third-order valence-electron chi connectivity index (χ3n) is 5.54. The SMILES string of the molecule is Cl.Cl.NC(C(=O)N1CCN(Cc2cn3ccccc3n2)CC1)C1CCOCC1. The molecule has 0 bridgehead atoms. The molecule has 1 unspecified atom stereocenters. The Morgan fingerprint density at radius 1 is 1.18 bits per heavy atom. The van der Waals surface area contributed by atoms with Crippen molar-refractivity contribution >= 4 is 36.4 Å². The second-order valence-electron chi connectivity index (χ2n) is 7.28. The number of pyridine rings is 1. The third kappa shape index (κ3) is 5.15. The van der Waals surface area contributed by atoms with Crippen LogP contribution in [-0.2, 0) is 16.1 Å². The lowest BCUT2D eigenvalue weighted by atomic mass is 9.91. The molecular formula is C19H29Cl2N5O2. The number of imidazole rings is 1. The number of fused-ring (bicyclic) bond motifs is 1. The predicted octanol–water partition coefficient (Wildman–Crippen LogP) is 1.58. The molecule has 2 N–H and O–H groups in total. The first-order valence-electron chi connectivity index (χ1n) is 9.48. The van der Waals surface area contributed by atoms with Gasteiger partial charge in [-0.15, -0.1) is 24.8 Å². The third-order valence-corrected chi connectivity index (χ3v) is 5.54. The van der Waals surface area contributed by atoms with E-state index in [0.29, 0.717) is 0 Å². The zero-order valence-electron chi connectivity index (χ0n) is 15.9. The molecule has 0 spiro atoms. The van der Waals surface area contributed by atoms with Crippen LogP contribution in [0.5, 0.6) is 0 Å². The number of halogens is 2. The van der Waals surface area contributed by atoms with Crippen molar-refractivity contribution in [2.45, 2.75) is 25.4 Å². The van der Waals surface area contributed by atoms with Crippen LogP contribution >= 0.6 is 24.8 Å². The lowest BCUT2D eigenvalue weighted by Crippen LogP contribution is -2.55. The summed E-state index contributed by atoms with van der Waals surface area (Å²) in [6, 6.07) is 5.63. The summed E-state index contributed by atoms with van der Waals surface area (Å²) in [4.78, 5) is 21.6. The second-order valence-corrected chi connectivity index (χ2v) is 7.28. The number of piperazine rings is 1. The van der Waals surface area contributed by atoms with Gasteiger partial charge in [-0.05, 0) is 30.9 Å². The van der Waals surface area contributed by atoms with Crippen LogP contribution in [0, 0.1) is 5.92 Å². The molecule has 1 atom stereocenters. The van der Waals surface area contributed by atoms with Crippen LogP contribution in [0.3, 0.4) is 0 Å². The molecule has 0 saturated carbocycles. The van der Waals surface area contributed by atoms with Gasteiger partial charge in [-0.1, -0.05) is 6.07 Å². The summed E-state index contributed by atoms with van der Waals surface area (Å²) in [5.74, 6) is 0.358. The van der Waals surface area contributed by atoms with E-state index in [-0.39, 0.29) is 42.7 Å². The number of nitrogens with zero attached hydrogens (tertiary/aromatic N) is 4. The highest BCUT2D eigenvalue weighted by Crippen LogP contribution is 2.20. The molecule has 0 aromatic carbocycles. The van der Waals surface area contributed by atoms with E-state index in [0.717, 1.165) is 70.1 Å². The molecule has 4 heterocycles. The average molecular weight is 430 g/mol. The molecule has 2 aliphatic heterocycles. The number of carbonyl (C=O) groups excluding carboxylic acids is 1. The highest BCUT2D eigenvalue weighted by molar-refractivity contribution is 5.85. The molecule has 7 nitrogen and oxygen atoms in total. The number of hydrogen-bond donors (Lipinski definition) is 1. The van der Waals surface area contributed by atoms with E-state index >= 15 is 0 Å². The van der Waals surface area contributed by atoms with Gasteiger partial charge in [0, 0.05) is 58.3 Å². The van der Waals surface area contributed by atoms with Gasteiger partial charge in [-0.2, -0.15) is 0 Å². The summed E-state index contributed by atoms with van der Waals surface area (Å²) < 4.78 is 7.42.